The zero-order valence-corrected chi connectivity index (χ0v) is 17.2. The van der Waals surface area contributed by atoms with Crippen LogP contribution in [0.15, 0.2) is 60.7 Å². The fourth-order valence-corrected chi connectivity index (χ4v) is 8.71. The van der Waals surface area contributed by atoms with Crippen molar-refractivity contribution in [1.82, 2.24) is 0 Å². The van der Waals surface area contributed by atoms with Gasteiger partial charge in [0.25, 0.3) is 8.32 Å². The number of carboxylic acid groups (broad SMARTS) is 1. The van der Waals surface area contributed by atoms with Crippen LogP contribution in [0.5, 0.6) is 0 Å². The molecule has 1 aliphatic rings. The van der Waals surface area contributed by atoms with Crippen molar-refractivity contribution < 1.29 is 19.1 Å². The van der Waals surface area contributed by atoms with Crippen LogP contribution in [0.3, 0.4) is 0 Å². The molecule has 1 saturated heterocycles. The van der Waals surface area contributed by atoms with E-state index in [2.05, 4.69) is 69.3 Å². The summed E-state index contributed by atoms with van der Waals surface area (Å²) in [6, 6.07) is 21.0. The normalized spacial score (nSPS) is 20.6. The third-order valence-electron chi connectivity index (χ3n) is 5.21. The summed E-state index contributed by atoms with van der Waals surface area (Å²) in [5.41, 5.74) is 0. The largest absolute Gasteiger partial charge is 0.481 e. The first-order valence-corrected chi connectivity index (χ1v) is 11.4. The number of rotatable bonds is 6. The van der Waals surface area contributed by atoms with Gasteiger partial charge in [-0.15, -0.1) is 0 Å². The molecule has 0 radical (unpaired) electrons. The van der Waals surface area contributed by atoms with Gasteiger partial charge in [0.1, 0.15) is 0 Å². The SMILES string of the molecule is CC(C)(C)[Si](O[C@@H]1CO[C@@H](CC(=O)O)C1)(c1ccccc1)c1ccccc1. The Bertz CT molecular complexity index is 715. The van der Waals surface area contributed by atoms with Crippen molar-refractivity contribution in [1.29, 1.82) is 0 Å². The summed E-state index contributed by atoms with van der Waals surface area (Å²) in [5.74, 6) is -0.828. The molecule has 0 unspecified atom stereocenters. The highest BCUT2D eigenvalue weighted by molar-refractivity contribution is 6.99. The van der Waals surface area contributed by atoms with Gasteiger partial charge in [-0.05, 0) is 15.4 Å². The van der Waals surface area contributed by atoms with Crippen LogP contribution in [0.25, 0.3) is 0 Å². The van der Waals surface area contributed by atoms with E-state index in [-0.39, 0.29) is 23.7 Å². The molecule has 144 valence electrons. The van der Waals surface area contributed by atoms with E-state index < -0.39 is 14.3 Å². The van der Waals surface area contributed by atoms with Gasteiger partial charge in [-0.2, -0.15) is 0 Å². The van der Waals surface area contributed by atoms with Gasteiger partial charge in [0.15, 0.2) is 0 Å². The number of benzene rings is 2. The molecule has 0 saturated carbocycles. The summed E-state index contributed by atoms with van der Waals surface area (Å²) < 4.78 is 12.7. The number of hydrogen-bond donors (Lipinski definition) is 1. The highest BCUT2D eigenvalue weighted by Gasteiger charge is 2.52. The molecular formula is C22H28O4Si. The highest BCUT2D eigenvalue weighted by atomic mass is 28.4. The van der Waals surface area contributed by atoms with E-state index in [0.717, 1.165) is 0 Å². The second kappa shape index (κ2) is 7.96. The van der Waals surface area contributed by atoms with Crippen LogP contribution in [-0.2, 0) is 14.0 Å². The molecule has 3 rings (SSSR count). The zero-order chi connectivity index (χ0) is 19.5. The van der Waals surface area contributed by atoms with Crippen LogP contribution in [0, 0.1) is 0 Å². The molecule has 0 bridgehead atoms. The second-order valence-electron chi connectivity index (χ2n) is 8.19. The lowest BCUT2D eigenvalue weighted by atomic mass is 10.1. The van der Waals surface area contributed by atoms with Crippen LogP contribution in [0.1, 0.15) is 33.6 Å². The van der Waals surface area contributed by atoms with Gasteiger partial charge in [-0.3, -0.25) is 4.79 Å². The topological polar surface area (TPSA) is 55.8 Å². The van der Waals surface area contributed by atoms with Gasteiger partial charge < -0.3 is 14.3 Å². The third kappa shape index (κ3) is 4.15. The van der Waals surface area contributed by atoms with E-state index in [4.69, 9.17) is 14.3 Å². The molecule has 1 heterocycles. The molecular weight excluding hydrogens is 356 g/mol. The smallest absolute Gasteiger partial charge is 0.305 e. The van der Waals surface area contributed by atoms with Crippen molar-refractivity contribution in [3.8, 4) is 0 Å². The molecule has 0 aliphatic carbocycles. The quantitative estimate of drug-likeness (QED) is 0.777. The molecule has 4 nitrogen and oxygen atoms in total. The van der Waals surface area contributed by atoms with Crippen LogP contribution in [0.4, 0.5) is 0 Å². The van der Waals surface area contributed by atoms with Crippen molar-refractivity contribution in [2.75, 3.05) is 6.61 Å². The molecule has 1 N–H and O–H groups in total. The fraction of sp³-hybridized carbons (Fsp3) is 0.409. The van der Waals surface area contributed by atoms with Gasteiger partial charge in [-0.25, -0.2) is 0 Å². The Labute approximate surface area is 162 Å². The van der Waals surface area contributed by atoms with Crippen molar-refractivity contribution in [2.24, 2.45) is 0 Å². The molecule has 0 spiro atoms. The number of carbonyl (C=O) groups is 1. The summed E-state index contributed by atoms with van der Waals surface area (Å²) in [5, 5.41) is 11.4. The maximum atomic E-state index is 11.0. The Kier molecular flexibility index (Phi) is 5.84. The van der Waals surface area contributed by atoms with Gasteiger partial charge >= 0.3 is 5.97 Å². The Morgan fingerprint density at radius 3 is 2.04 bits per heavy atom. The fourth-order valence-electron chi connectivity index (χ4n) is 4.03. The average Bonchev–Trinajstić information content (AvgIpc) is 3.06. The first kappa shape index (κ1) is 19.8. The summed E-state index contributed by atoms with van der Waals surface area (Å²) in [6.07, 6.45) is 0.281. The number of hydrogen-bond acceptors (Lipinski definition) is 3. The van der Waals surface area contributed by atoms with E-state index >= 15 is 0 Å². The lowest BCUT2D eigenvalue weighted by molar-refractivity contribution is -0.139. The summed E-state index contributed by atoms with van der Waals surface area (Å²) >= 11 is 0. The van der Waals surface area contributed by atoms with Crippen LogP contribution in [0.2, 0.25) is 5.04 Å². The molecule has 27 heavy (non-hydrogen) atoms. The van der Waals surface area contributed by atoms with Crippen LogP contribution in [-0.4, -0.2) is 38.2 Å². The van der Waals surface area contributed by atoms with E-state index in [9.17, 15) is 4.79 Å². The zero-order valence-electron chi connectivity index (χ0n) is 16.2. The molecule has 2 aromatic rings. The Hall–Kier alpha value is -1.95. The second-order valence-corrected chi connectivity index (χ2v) is 12.4. The maximum absolute atomic E-state index is 11.0. The number of carboxylic acids is 1. The molecule has 0 amide bonds. The van der Waals surface area contributed by atoms with E-state index in [0.29, 0.717) is 13.0 Å². The summed E-state index contributed by atoms with van der Waals surface area (Å²) in [6.45, 7) is 7.17. The Balaban J connectivity index is 2.01. The Morgan fingerprint density at radius 1 is 1.07 bits per heavy atom. The molecule has 5 heteroatoms. The minimum atomic E-state index is -2.61. The van der Waals surface area contributed by atoms with Crippen molar-refractivity contribution >= 4 is 24.7 Å². The van der Waals surface area contributed by atoms with E-state index in [1.807, 2.05) is 12.1 Å². The predicted octanol–water partition coefficient (Wildman–Crippen LogP) is 3.20. The van der Waals surface area contributed by atoms with Crippen molar-refractivity contribution in [2.45, 2.75) is 50.9 Å². The molecule has 2 atom stereocenters. The van der Waals surface area contributed by atoms with E-state index in [1.54, 1.807) is 0 Å². The molecule has 1 fully saturated rings. The summed E-state index contributed by atoms with van der Waals surface area (Å²) in [4.78, 5) is 11.0. The molecule has 0 aromatic heterocycles. The lowest BCUT2D eigenvalue weighted by Crippen LogP contribution is -2.67. The summed E-state index contributed by atoms with van der Waals surface area (Å²) in [7, 11) is -2.61. The van der Waals surface area contributed by atoms with Gasteiger partial charge in [-0.1, -0.05) is 81.4 Å². The number of aliphatic carboxylic acids is 1. The molecule has 2 aromatic carbocycles. The predicted molar refractivity (Wildman–Crippen MR) is 109 cm³/mol. The highest BCUT2D eigenvalue weighted by Crippen LogP contribution is 2.38. The molecule has 1 aliphatic heterocycles. The lowest BCUT2D eigenvalue weighted by Gasteiger charge is -2.44. The van der Waals surface area contributed by atoms with Gasteiger partial charge in [0, 0.05) is 6.42 Å². The van der Waals surface area contributed by atoms with E-state index in [1.165, 1.54) is 10.4 Å². The first-order valence-electron chi connectivity index (χ1n) is 9.45. The van der Waals surface area contributed by atoms with Crippen molar-refractivity contribution in [3.63, 3.8) is 0 Å². The average molecular weight is 385 g/mol. The standard InChI is InChI=1S/C22H28O4Si/c1-22(2,3)27(19-10-6-4-7-11-19,20-12-8-5-9-13-20)26-18-14-17(25-16-18)15-21(23)24/h4-13,17-18H,14-16H2,1-3H3,(H,23,24)/t17-,18+/m1/s1. The van der Waals surface area contributed by atoms with Crippen LogP contribution < -0.4 is 10.4 Å². The monoisotopic (exact) mass is 384 g/mol. The van der Waals surface area contributed by atoms with Crippen molar-refractivity contribution in [3.05, 3.63) is 60.7 Å². The first-order chi connectivity index (χ1) is 12.8. The van der Waals surface area contributed by atoms with Gasteiger partial charge in [0.2, 0.25) is 0 Å². The maximum Gasteiger partial charge on any atom is 0.305 e. The van der Waals surface area contributed by atoms with Crippen LogP contribution >= 0.6 is 0 Å². The third-order valence-corrected chi connectivity index (χ3v) is 10.3. The Morgan fingerprint density at radius 2 is 1.59 bits per heavy atom. The minimum absolute atomic E-state index is 0.0284. The van der Waals surface area contributed by atoms with Gasteiger partial charge in [0.05, 0.1) is 25.2 Å². The minimum Gasteiger partial charge on any atom is -0.481 e. The number of ether oxygens (including phenoxy) is 1.